The van der Waals surface area contributed by atoms with Crippen LogP contribution in [0, 0.1) is 0 Å². The minimum absolute atomic E-state index is 0.277. The molecule has 0 aliphatic carbocycles. The van der Waals surface area contributed by atoms with E-state index in [1.54, 1.807) is 41.3 Å². The first kappa shape index (κ1) is 15.4. The molecule has 1 aliphatic heterocycles. The molecule has 0 bridgehead atoms. The number of nitrogens with zero attached hydrogens (tertiary/aromatic N) is 4. The quantitative estimate of drug-likeness (QED) is 0.730. The van der Waals surface area contributed by atoms with Crippen molar-refractivity contribution in [2.45, 2.75) is 0 Å². The molecule has 0 unspecified atom stereocenters. The highest BCUT2D eigenvalue weighted by atomic mass is 16.5. The Kier molecular flexibility index (Phi) is 4.17. The molecule has 1 saturated heterocycles. The lowest BCUT2D eigenvalue weighted by atomic mass is 10.3. The second-order valence-corrected chi connectivity index (χ2v) is 5.54. The van der Waals surface area contributed by atoms with Gasteiger partial charge in [-0.1, -0.05) is 0 Å². The Labute approximate surface area is 143 Å². The number of rotatable bonds is 4. The van der Waals surface area contributed by atoms with Gasteiger partial charge in [-0.3, -0.25) is 4.79 Å². The van der Waals surface area contributed by atoms with Gasteiger partial charge in [-0.15, -0.1) is 0 Å². The van der Waals surface area contributed by atoms with E-state index in [9.17, 15) is 4.79 Å². The molecule has 0 atom stereocenters. The largest absolute Gasteiger partial charge is 0.465 e. The minimum Gasteiger partial charge on any atom is -0.465 e. The zero-order valence-corrected chi connectivity index (χ0v) is 13.5. The lowest BCUT2D eigenvalue weighted by molar-refractivity contribution is -0.111. The molecule has 8 nitrogen and oxygen atoms in total. The maximum absolute atomic E-state index is 12.1. The summed E-state index contributed by atoms with van der Waals surface area (Å²) in [4.78, 5) is 18.7. The second-order valence-electron chi connectivity index (χ2n) is 5.54. The second kappa shape index (κ2) is 6.78. The number of anilines is 2. The molecule has 1 N–H and O–H groups in total. The molecule has 0 saturated carbocycles. The standard InChI is InChI=1S/C17H17N5O3/c23-16(4-3-13-2-1-9-25-13)20-14-12-17(21-7-10-24-11-8-21)22-15(19-14)5-6-18-22/h1-6,9,12H,7-8,10-11H2,(H,19,20,23)/b4-3+. The van der Waals surface area contributed by atoms with Gasteiger partial charge in [0, 0.05) is 31.3 Å². The Morgan fingerprint density at radius 1 is 1.28 bits per heavy atom. The van der Waals surface area contributed by atoms with E-state index in [4.69, 9.17) is 9.15 Å². The predicted octanol–water partition coefficient (Wildman–Crippen LogP) is 1.81. The van der Waals surface area contributed by atoms with Gasteiger partial charge in [0.25, 0.3) is 0 Å². The molecule has 3 aromatic rings. The normalized spacial score (nSPS) is 15.1. The van der Waals surface area contributed by atoms with Gasteiger partial charge in [-0.05, 0) is 18.2 Å². The van der Waals surface area contributed by atoms with E-state index >= 15 is 0 Å². The molecule has 25 heavy (non-hydrogen) atoms. The maximum atomic E-state index is 12.1. The van der Waals surface area contributed by atoms with Gasteiger partial charge in [0.15, 0.2) is 5.65 Å². The smallest absolute Gasteiger partial charge is 0.249 e. The predicted molar refractivity (Wildman–Crippen MR) is 92.4 cm³/mol. The highest BCUT2D eigenvalue weighted by molar-refractivity contribution is 6.01. The Morgan fingerprint density at radius 3 is 2.96 bits per heavy atom. The third kappa shape index (κ3) is 3.38. The molecule has 4 heterocycles. The fraction of sp³-hybridized carbons (Fsp3) is 0.235. The third-order valence-electron chi connectivity index (χ3n) is 3.87. The number of hydrogen-bond donors (Lipinski definition) is 1. The molecule has 1 aliphatic rings. The number of amides is 1. The third-order valence-corrected chi connectivity index (χ3v) is 3.87. The van der Waals surface area contributed by atoms with E-state index in [1.165, 1.54) is 6.08 Å². The van der Waals surface area contributed by atoms with Crippen molar-refractivity contribution in [2.24, 2.45) is 0 Å². The lowest BCUT2D eigenvalue weighted by Crippen LogP contribution is -2.37. The SMILES string of the molecule is O=C(/C=C/c1ccco1)Nc1cc(N2CCOCC2)n2nccc2n1. The Balaban J connectivity index is 1.58. The number of nitrogens with one attached hydrogen (secondary N) is 1. The van der Waals surface area contributed by atoms with E-state index < -0.39 is 0 Å². The van der Waals surface area contributed by atoms with Crippen molar-refractivity contribution in [3.63, 3.8) is 0 Å². The van der Waals surface area contributed by atoms with Gasteiger partial charge in [-0.25, -0.2) is 4.98 Å². The summed E-state index contributed by atoms with van der Waals surface area (Å²) < 4.78 is 12.3. The zero-order valence-electron chi connectivity index (χ0n) is 13.5. The Hall–Kier alpha value is -3.13. The van der Waals surface area contributed by atoms with Crippen molar-refractivity contribution in [3.8, 4) is 0 Å². The van der Waals surface area contributed by atoms with Crippen molar-refractivity contribution in [3.05, 3.63) is 48.6 Å². The molecular weight excluding hydrogens is 322 g/mol. The van der Waals surface area contributed by atoms with Crippen molar-refractivity contribution in [1.29, 1.82) is 0 Å². The van der Waals surface area contributed by atoms with E-state index in [0.29, 0.717) is 30.4 Å². The summed E-state index contributed by atoms with van der Waals surface area (Å²) in [7, 11) is 0. The van der Waals surface area contributed by atoms with Crippen LogP contribution in [-0.2, 0) is 9.53 Å². The number of hydrogen-bond acceptors (Lipinski definition) is 6. The average Bonchev–Trinajstić information content (AvgIpc) is 3.31. The fourth-order valence-electron chi connectivity index (χ4n) is 2.69. The molecule has 1 fully saturated rings. The van der Waals surface area contributed by atoms with Crippen molar-refractivity contribution >= 4 is 29.3 Å². The monoisotopic (exact) mass is 339 g/mol. The number of furan rings is 1. The van der Waals surface area contributed by atoms with Gasteiger partial charge in [0.2, 0.25) is 5.91 Å². The maximum Gasteiger partial charge on any atom is 0.249 e. The molecule has 128 valence electrons. The lowest BCUT2D eigenvalue weighted by Gasteiger charge is -2.29. The highest BCUT2D eigenvalue weighted by Gasteiger charge is 2.17. The first-order chi connectivity index (χ1) is 12.3. The first-order valence-corrected chi connectivity index (χ1v) is 8.00. The summed E-state index contributed by atoms with van der Waals surface area (Å²) in [6, 6.07) is 7.17. The molecular formula is C17H17N5O3. The van der Waals surface area contributed by atoms with Gasteiger partial charge in [-0.2, -0.15) is 9.61 Å². The van der Waals surface area contributed by atoms with Crippen molar-refractivity contribution in [2.75, 3.05) is 36.5 Å². The summed E-state index contributed by atoms with van der Waals surface area (Å²) in [5.41, 5.74) is 0.675. The number of carbonyl (C=O) groups is 1. The average molecular weight is 339 g/mol. The number of aromatic nitrogens is 3. The fourth-order valence-corrected chi connectivity index (χ4v) is 2.69. The van der Waals surface area contributed by atoms with Gasteiger partial charge < -0.3 is 19.4 Å². The van der Waals surface area contributed by atoms with Gasteiger partial charge >= 0.3 is 0 Å². The minimum atomic E-state index is -0.277. The molecule has 4 rings (SSSR count). The zero-order chi connectivity index (χ0) is 17.1. The van der Waals surface area contributed by atoms with E-state index in [0.717, 1.165) is 18.9 Å². The molecule has 3 aromatic heterocycles. The summed E-state index contributed by atoms with van der Waals surface area (Å²) >= 11 is 0. The van der Waals surface area contributed by atoms with Crippen LogP contribution in [0.25, 0.3) is 11.7 Å². The summed E-state index contributed by atoms with van der Waals surface area (Å²) in [5, 5.41) is 7.11. The number of ether oxygens (including phenoxy) is 1. The van der Waals surface area contributed by atoms with Crippen LogP contribution in [0.1, 0.15) is 5.76 Å². The topological polar surface area (TPSA) is 84.9 Å². The molecule has 0 spiro atoms. The number of carbonyl (C=O) groups excluding carboxylic acids is 1. The summed E-state index contributed by atoms with van der Waals surface area (Å²) in [6.45, 7) is 2.87. The van der Waals surface area contributed by atoms with Gasteiger partial charge in [0.1, 0.15) is 17.4 Å². The first-order valence-electron chi connectivity index (χ1n) is 8.00. The van der Waals surface area contributed by atoms with E-state index in [2.05, 4.69) is 20.3 Å². The van der Waals surface area contributed by atoms with Crippen LogP contribution in [0.15, 0.2) is 47.2 Å². The van der Waals surface area contributed by atoms with E-state index in [-0.39, 0.29) is 5.91 Å². The Bertz CT molecular complexity index is 894. The van der Waals surface area contributed by atoms with Crippen LogP contribution < -0.4 is 10.2 Å². The van der Waals surface area contributed by atoms with Crippen LogP contribution in [-0.4, -0.2) is 46.8 Å². The molecule has 0 aromatic carbocycles. The highest BCUT2D eigenvalue weighted by Crippen LogP contribution is 2.21. The molecule has 8 heteroatoms. The summed E-state index contributed by atoms with van der Waals surface area (Å²) in [5.74, 6) is 1.69. The molecule has 0 radical (unpaired) electrons. The Morgan fingerprint density at radius 2 is 2.16 bits per heavy atom. The van der Waals surface area contributed by atoms with Crippen LogP contribution in [0.2, 0.25) is 0 Å². The van der Waals surface area contributed by atoms with Crippen molar-refractivity contribution in [1.82, 2.24) is 14.6 Å². The van der Waals surface area contributed by atoms with Crippen LogP contribution in [0.5, 0.6) is 0 Å². The number of morpholine rings is 1. The van der Waals surface area contributed by atoms with Gasteiger partial charge in [0.05, 0.1) is 25.7 Å². The van der Waals surface area contributed by atoms with Crippen LogP contribution in [0.4, 0.5) is 11.6 Å². The van der Waals surface area contributed by atoms with Crippen molar-refractivity contribution < 1.29 is 13.9 Å². The van der Waals surface area contributed by atoms with Crippen LogP contribution in [0.3, 0.4) is 0 Å². The number of fused-ring (bicyclic) bond motifs is 1. The molecule has 1 amide bonds. The summed E-state index contributed by atoms with van der Waals surface area (Å²) in [6.07, 6.45) is 6.26. The van der Waals surface area contributed by atoms with E-state index in [1.807, 2.05) is 6.07 Å². The van der Waals surface area contributed by atoms with Crippen LogP contribution >= 0.6 is 0 Å².